The van der Waals surface area contributed by atoms with Crippen molar-refractivity contribution < 1.29 is 4.79 Å². The smallest absolute Gasteiger partial charge is 0.227 e. The Morgan fingerprint density at radius 3 is 2.90 bits per heavy atom. The molecule has 1 aromatic carbocycles. The number of amides is 1. The largest absolute Gasteiger partial charge is 0.355 e. The van der Waals surface area contributed by atoms with Crippen LogP contribution in [0.4, 0.5) is 0 Å². The monoisotopic (exact) mass is 351 g/mol. The molecule has 3 heteroatoms. The summed E-state index contributed by atoms with van der Waals surface area (Å²) < 4.78 is 0. The number of benzene rings is 1. The van der Waals surface area contributed by atoms with Gasteiger partial charge in [0.25, 0.3) is 0 Å². The Balaban J connectivity index is 1.96. The quantitative estimate of drug-likeness (QED) is 0.755. The Morgan fingerprint density at radius 1 is 1.38 bits per heavy atom. The molecule has 1 amide bonds. The van der Waals surface area contributed by atoms with Crippen LogP contribution in [0.2, 0.25) is 0 Å². The number of carbonyl (C=O) groups is 1. The van der Waals surface area contributed by atoms with E-state index in [1.807, 2.05) is 6.07 Å². The van der Waals surface area contributed by atoms with Crippen molar-refractivity contribution >= 4 is 21.8 Å². The van der Waals surface area contributed by atoms with E-state index in [9.17, 15) is 4.79 Å². The van der Waals surface area contributed by atoms with Gasteiger partial charge in [-0.2, -0.15) is 0 Å². The number of halogens is 1. The van der Waals surface area contributed by atoms with Crippen molar-refractivity contribution in [3.63, 3.8) is 0 Å². The van der Waals surface area contributed by atoms with Gasteiger partial charge in [0.05, 0.1) is 5.92 Å². The van der Waals surface area contributed by atoms with Crippen molar-refractivity contribution in [2.75, 3.05) is 11.9 Å². The number of hydrogen-bond donors (Lipinski definition) is 1. The van der Waals surface area contributed by atoms with Gasteiger partial charge < -0.3 is 5.32 Å². The van der Waals surface area contributed by atoms with E-state index >= 15 is 0 Å². The summed E-state index contributed by atoms with van der Waals surface area (Å²) in [7, 11) is 0. The minimum atomic E-state index is 0.0434. The lowest BCUT2D eigenvalue weighted by molar-refractivity contribution is -0.123. The van der Waals surface area contributed by atoms with E-state index in [1.54, 1.807) is 0 Å². The summed E-state index contributed by atoms with van der Waals surface area (Å²) in [5, 5.41) is 4.22. The van der Waals surface area contributed by atoms with Gasteiger partial charge in [-0.3, -0.25) is 4.79 Å². The third-order valence-electron chi connectivity index (χ3n) is 4.41. The van der Waals surface area contributed by atoms with Crippen LogP contribution < -0.4 is 5.32 Å². The third-order valence-corrected chi connectivity index (χ3v) is 4.98. The third kappa shape index (κ3) is 4.57. The number of fused-ring (bicyclic) bond motifs is 1. The van der Waals surface area contributed by atoms with Crippen LogP contribution in [-0.4, -0.2) is 17.8 Å². The van der Waals surface area contributed by atoms with Gasteiger partial charge >= 0.3 is 0 Å². The van der Waals surface area contributed by atoms with Crippen molar-refractivity contribution in [2.45, 2.75) is 51.9 Å². The first kappa shape index (κ1) is 16.5. The zero-order valence-electron chi connectivity index (χ0n) is 13.1. The number of aryl methyl sites for hydroxylation is 1. The highest BCUT2D eigenvalue weighted by Crippen LogP contribution is 2.32. The second-order valence-electron chi connectivity index (χ2n) is 6.82. The average molecular weight is 352 g/mol. The molecule has 0 saturated heterocycles. The Hall–Kier alpha value is -0.830. The van der Waals surface area contributed by atoms with Gasteiger partial charge in [0.2, 0.25) is 5.91 Å². The molecule has 1 unspecified atom stereocenters. The lowest BCUT2D eigenvalue weighted by atomic mass is 9.82. The van der Waals surface area contributed by atoms with Crippen LogP contribution in [-0.2, 0) is 11.2 Å². The predicted octanol–water partition coefficient (Wildman–Crippen LogP) is 4.42. The molecule has 0 fully saturated rings. The van der Waals surface area contributed by atoms with Gasteiger partial charge in [-0.1, -0.05) is 54.0 Å². The fourth-order valence-electron chi connectivity index (χ4n) is 3.11. The van der Waals surface area contributed by atoms with E-state index in [0.717, 1.165) is 44.0 Å². The van der Waals surface area contributed by atoms with Gasteiger partial charge in [-0.05, 0) is 48.6 Å². The van der Waals surface area contributed by atoms with Crippen molar-refractivity contribution in [1.82, 2.24) is 5.32 Å². The Labute approximate surface area is 136 Å². The van der Waals surface area contributed by atoms with Gasteiger partial charge in [0.1, 0.15) is 0 Å². The van der Waals surface area contributed by atoms with Crippen molar-refractivity contribution in [2.24, 2.45) is 5.41 Å². The van der Waals surface area contributed by atoms with E-state index < -0.39 is 0 Å². The molecule has 1 atom stereocenters. The summed E-state index contributed by atoms with van der Waals surface area (Å²) in [5.41, 5.74) is 2.75. The number of rotatable bonds is 6. The van der Waals surface area contributed by atoms with Crippen LogP contribution in [0.5, 0.6) is 0 Å². The molecule has 1 aromatic rings. The maximum Gasteiger partial charge on any atom is 0.227 e. The van der Waals surface area contributed by atoms with Crippen LogP contribution in [0.15, 0.2) is 24.3 Å². The average Bonchev–Trinajstić information content (AvgIpc) is 2.50. The molecule has 2 rings (SSSR count). The zero-order chi connectivity index (χ0) is 15.3. The van der Waals surface area contributed by atoms with E-state index in [4.69, 9.17) is 0 Å². The highest BCUT2D eigenvalue weighted by Gasteiger charge is 2.27. The van der Waals surface area contributed by atoms with E-state index in [2.05, 4.69) is 53.3 Å². The fraction of sp³-hybridized carbons (Fsp3) is 0.611. The second-order valence-corrected chi connectivity index (χ2v) is 7.61. The number of alkyl halides is 1. The Kier molecular flexibility index (Phi) is 5.86. The molecule has 116 valence electrons. The van der Waals surface area contributed by atoms with Crippen LogP contribution in [0.3, 0.4) is 0 Å². The second kappa shape index (κ2) is 7.44. The lowest BCUT2D eigenvalue weighted by Crippen LogP contribution is -2.37. The van der Waals surface area contributed by atoms with Crippen LogP contribution in [0.1, 0.15) is 56.6 Å². The predicted molar refractivity (Wildman–Crippen MR) is 91.9 cm³/mol. The first-order valence-electron chi connectivity index (χ1n) is 7.95. The molecule has 0 saturated carbocycles. The molecule has 1 aliphatic rings. The fourth-order valence-corrected chi connectivity index (χ4v) is 3.39. The summed E-state index contributed by atoms with van der Waals surface area (Å²) in [6.07, 6.45) is 5.47. The highest BCUT2D eigenvalue weighted by molar-refractivity contribution is 9.09. The molecular weight excluding hydrogens is 326 g/mol. The summed E-state index contributed by atoms with van der Waals surface area (Å²) in [6, 6.07) is 8.40. The molecule has 0 heterocycles. The topological polar surface area (TPSA) is 29.1 Å². The SMILES string of the molecule is CC(C)(CCCBr)CNC(=O)C1CCCc2ccccc21. The summed E-state index contributed by atoms with van der Waals surface area (Å²) >= 11 is 3.48. The van der Waals surface area contributed by atoms with Gasteiger partial charge in [-0.15, -0.1) is 0 Å². The Bertz CT molecular complexity index is 484. The number of hydrogen-bond acceptors (Lipinski definition) is 1. The molecule has 0 aliphatic heterocycles. The van der Waals surface area contributed by atoms with Crippen LogP contribution in [0, 0.1) is 5.41 Å². The maximum atomic E-state index is 12.6. The minimum Gasteiger partial charge on any atom is -0.355 e. The van der Waals surface area contributed by atoms with Crippen LogP contribution >= 0.6 is 15.9 Å². The molecule has 2 nitrogen and oxygen atoms in total. The Morgan fingerprint density at radius 2 is 2.14 bits per heavy atom. The maximum absolute atomic E-state index is 12.6. The van der Waals surface area contributed by atoms with Crippen molar-refractivity contribution in [1.29, 1.82) is 0 Å². The van der Waals surface area contributed by atoms with Crippen molar-refractivity contribution in [3.05, 3.63) is 35.4 Å². The van der Waals surface area contributed by atoms with E-state index in [-0.39, 0.29) is 17.2 Å². The molecule has 1 N–H and O–H groups in total. The highest BCUT2D eigenvalue weighted by atomic mass is 79.9. The van der Waals surface area contributed by atoms with Crippen LogP contribution in [0.25, 0.3) is 0 Å². The molecule has 0 spiro atoms. The zero-order valence-corrected chi connectivity index (χ0v) is 14.7. The summed E-state index contributed by atoms with van der Waals surface area (Å²) in [6.45, 7) is 5.22. The molecule has 1 aliphatic carbocycles. The number of carbonyl (C=O) groups excluding carboxylic acids is 1. The lowest BCUT2D eigenvalue weighted by Gasteiger charge is -2.28. The van der Waals surface area contributed by atoms with E-state index in [0.29, 0.717) is 0 Å². The number of nitrogens with one attached hydrogen (secondary N) is 1. The molecule has 0 bridgehead atoms. The minimum absolute atomic E-state index is 0.0434. The molecule has 21 heavy (non-hydrogen) atoms. The molecule has 0 radical (unpaired) electrons. The standard InChI is InChI=1S/C18H26BrNO/c1-18(2,11-6-12-19)13-20-17(21)16-10-5-8-14-7-3-4-9-15(14)16/h3-4,7,9,16H,5-6,8,10-13H2,1-2H3,(H,20,21). The summed E-state index contributed by atoms with van der Waals surface area (Å²) in [5.74, 6) is 0.246. The van der Waals surface area contributed by atoms with Gasteiger partial charge in [0, 0.05) is 11.9 Å². The van der Waals surface area contributed by atoms with Gasteiger partial charge in [0.15, 0.2) is 0 Å². The van der Waals surface area contributed by atoms with E-state index in [1.165, 1.54) is 11.1 Å². The molecular formula is C18H26BrNO. The first-order valence-corrected chi connectivity index (χ1v) is 9.07. The molecule has 0 aromatic heterocycles. The summed E-state index contributed by atoms with van der Waals surface area (Å²) in [4.78, 5) is 12.6. The van der Waals surface area contributed by atoms with Crippen molar-refractivity contribution in [3.8, 4) is 0 Å². The first-order chi connectivity index (χ1) is 10.0. The van der Waals surface area contributed by atoms with Gasteiger partial charge in [-0.25, -0.2) is 0 Å². The normalized spacial score (nSPS) is 18.1.